The first-order valence-corrected chi connectivity index (χ1v) is 12.5. The molecule has 0 bridgehead atoms. The Morgan fingerprint density at radius 1 is 1.43 bits per heavy atom. The third-order valence-electron chi connectivity index (χ3n) is 4.61. The number of fused-ring (bicyclic) bond motifs is 1. The smallest absolute Gasteiger partial charge is 0.355 e. The lowest BCUT2D eigenvalue weighted by molar-refractivity contribution is -0.151. The van der Waals surface area contributed by atoms with Gasteiger partial charge in [-0.2, -0.15) is 0 Å². The van der Waals surface area contributed by atoms with E-state index in [0.717, 1.165) is 23.1 Å². The number of carbonyl (C=O) groups is 4. The standard InChI is InChI=1S/C19H17N5O7S3.ClH/c1-29-23-12(9-7-33-19(20)21-9)14(25)22-13-15(26)24-10(4-6-32-16(13)24)17(27)31-8-34-18(28)11-3-2-5-30-11;/h2-5,7,13,16H,6,8H2,1H3,(H2,20,21)(H,22,25);1H/b23-12+;/t13-,16-;/m1./s1. The summed E-state index contributed by atoms with van der Waals surface area (Å²) in [5.41, 5.74) is 5.77. The zero-order chi connectivity index (χ0) is 24.2. The highest BCUT2D eigenvalue weighted by molar-refractivity contribution is 8.14. The first kappa shape index (κ1) is 26.6. The van der Waals surface area contributed by atoms with E-state index < -0.39 is 29.2 Å². The second kappa shape index (κ2) is 11.6. The summed E-state index contributed by atoms with van der Waals surface area (Å²) in [6.45, 7) is 0. The fourth-order valence-electron chi connectivity index (χ4n) is 3.11. The average molecular weight is 560 g/mol. The number of carbonyl (C=O) groups excluding carboxylic acids is 4. The van der Waals surface area contributed by atoms with Crippen LogP contribution in [0.15, 0.2) is 45.1 Å². The summed E-state index contributed by atoms with van der Waals surface area (Å²) in [5, 5.41) is 7.21. The Balaban J connectivity index is 0.00000342. The first-order chi connectivity index (χ1) is 16.4. The maximum atomic E-state index is 12.8. The molecule has 0 aliphatic carbocycles. The number of β-lactam (4-membered cyclic amide) rings is 1. The largest absolute Gasteiger partial charge is 0.460 e. The van der Waals surface area contributed by atoms with Gasteiger partial charge in [0.1, 0.15) is 35.9 Å². The van der Waals surface area contributed by atoms with Gasteiger partial charge in [0.2, 0.25) is 0 Å². The van der Waals surface area contributed by atoms with E-state index in [9.17, 15) is 19.2 Å². The fraction of sp³-hybridized carbons (Fsp3) is 0.263. The predicted molar refractivity (Wildman–Crippen MR) is 132 cm³/mol. The Kier molecular flexibility index (Phi) is 8.82. The number of anilines is 1. The molecular weight excluding hydrogens is 542 g/mol. The molecule has 0 saturated carbocycles. The minimum absolute atomic E-state index is 0. The summed E-state index contributed by atoms with van der Waals surface area (Å²) < 4.78 is 10.1. The van der Waals surface area contributed by atoms with Gasteiger partial charge in [-0.25, -0.2) is 9.78 Å². The zero-order valence-corrected chi connectivity index (χ0v) is 21.1. The summed E-state index contributed by atoms with van der Waals surface area (Å²) in [6.07, 6.45) is 2.93. The molecular formula is C19H18ClN5O7S3. The number of nitrogens with zero attached hydrogens (tertiary/aromatic N) is 3. The predicted octanol–water partition coefficient (Wildman–Crippen LogP) is 1.45. The zero-order valence-electron chi connectivity index (χ0n) is 17.9. The third kappa shape index (κ3) is 5.63. The van der Waals surface area contributed by atoms with Crippen LogP contribution >= 0.6 is 47.3 Å². The number of nitrogens with one attached hydrogen (secondary N) is 1. The number of amides is 2. The van der Waals surface area contributed by atoms with Gasteiger partial charge < -0.3 is 25.0 Å². The first-order valence-electron chi connectivity index (χ1n) is 9.56. The van der Waals surface area contributed by atoms with Gasteiger partial charge in [0.05, 0.1) is 6.26 Å². The van der Waals surface area contributed by atoms with Crippen molar-refractivity contribution in [1.29, 1.82) is 0 Å². The van der Waals surface area contributed by atoms with Crippen LogP contribution in [0.25, 0.3) is 0 Å². The third-order valence-corrected chi connectivity index (χ3v) is 7.16. The summed E-state index contributed by atoms with van der Waals surface area (Å²) in [5.74, 6) is -1.58. The van der Waals surface area contributed by atoms with E-state index in [1.54, 1.807) is 17.5 Å². The van der Waals surface area contributed by atoms with Gasteiger partial charge in [0.15, 0.2) is 16.6 Å². The highest BCUT2D eigenvalue weighted by Gasteiger charge is 2.53. The molecule has 12 nitrogen and oxygen atoms in total. The van der Waals surface area contributed by atoms with E-state index in [1.807, 2.05) is 0 Å². The number of esters is 1. The monoisotopic (exact) mass is 559 g/mol. The van der Waals surface area contributed by atoms with Crippen LogP contribution in [0, 0.1) is 0 Å². The maximum absolute atomic E-state index is 12.8. The number of ether oxygens (including phenoxy) is 1. The Morgan fingerprint density at radius 3 is 2.89 bits per heavy atom. The number of aromatic nitrogens is 1. The van der Waals surface area contributed by atoms with Crippen molar-refractivity contribution in [2.75, 3.05) is 24.5 Å². The van der Waals surface area contributed by atoms with E-state index in [-0.39, 0.29) is 51.5 Å². The van der Waals surface area contributed by atoms with Crippen LogP contribution in [-0.4, -0.2) is 68.7 Å². The van der Waals surface area contributed by atoms with E-state index >= 15 is 0 Å². The van der Waals surface area contributed by atoms with Crippen molar-refractivity contribution in [3.05, 3.63) is 47.0 Å². The molecule has 0 radical (unpaired) electrons. The molecule has 4 heterocycles. The molecule has 0 aromatic carbocycles. The number of oxime groups is 1. The molecule has 2 amide bonds. The highest BCUT2D eigenvalue weighted by Crippen LogP contribution is 2.38. The van der Waals surface area contributed by atoms with Crippen LogP contribution < -0.4 is 11.1 Å². The van der Waals surface area contributed by atoms with Crippen LogP contribution in [0.3, 0.4) is 0 Å². The fourth-order valence-corrected chi connectivity index (χ4v) is 5.38. The molecule has 2 aromatic rings. The Hall–Kier alpha value is -3.01. The van der Waals surface area contributed by atoms with Gasteiger partial charge in [-0.05, 0) is 30.0 Å². The summed E-state index contributed by atoms with van der Waals surface area (Å²) in [7, 11) is 1.28. The van der Waals surface area contributed by atoms with Gasteiger partial charge in [-0.1, -0.05) is 5.16 Å². The number of hydrogen-bond donors (Lipinski definition) is 2. The van der Waals surface area contributed by atoms with Gasteiger partial charge in [-0.3, -0.25) is 19.3 Å². The molecule has 16 heteroatoms. The maximum Gasteiger partial charge on any atom is 0.355 e. The number of halogens is 1. The Morgan fingerprint density at radius 2 is 2.23 bits per heavy atom. The quantitative estimate of drug-likeness (QED) is 0.158. The average Bonchev–Trinajstić information content (AvgIpc) is 3.52. The number of nitrogen functional groups attached to an aromatic ring is 1. The number of nitrogens with two attached hydrogens (primary N) is 1. The van der Waals surface area contributed by atoms with Crippen LogP contribution in [0.4, 0.5) is 5.13 Å². The van der Waals surface area contributed by atoms with Crippen LogP contribution in [0.2, 0.25) is 0 Å². The lowest BCUT2D eigenvalue weighted by atomic mass is 10.0. The topological polar surface area (TPSA) is 166 Å². The van der Waals surface area contributed by atoms with Crippen molar-refractivity contribution < 1.29 is 33.2 Å². The molecule has 1 fully saturated rings. The number of thiazole rings is 1. The van der Waals surface area contributed by atoms with Crippen molar-refractivity contribution in [3.63, 3.8) is 0 Å². The van der Waals surface area contributed by atoms with Gasteiger partial charge in [0, 0.05) is 11.1 Å². The van der Waals surface area contributed by atoms with Crippen molar-refractivity contribution >= 4 is 81.0 Å². The van der Waals surface area contributed by atoms with Crippen molar-refractivity contribution in [2.24, 2.45) is 5.16 Å². The van der Waals surface area contributed by atoms with E-state index in [0.29, 0.717) is 5.75 Å². The number of rotatable bonds is 8. The van der Waals surface area contributed by atoms with Crippen molar-refractivity contribution in [1.82, 2.24) is 15.2 Å². The molecule has 2 aliphatic rings. The van der Waals surface area contributed by atoms with E-state index in [1.165, 1.54) is 36.1 Å². The molecule has 2 aliphatic heterocycles. The van der Waals surface area contributed by atoms with Gasteiger partial charge in [-0.15, -0.1) is 35.5 Å². The SMILES string of the molecule is CO/N=C(/C(=O)N[C@@H]1C(=O)N2C(C(=O)OCSC(=O)c3ccco3)=CCS[C@H]12)c1csc(N)n1.Cl. The molecule has 3 N–H and O–H groups in total. The Labute approximate surface area is 217 Å². The summed E-state index contributed by atoms with van der Waals surface area (Å²) in [6, 6.07) is 2.19. The van der Waals surface area contributed by atoms with Crippen molar-refractivity contribution in [2.45, 2.75) is 11.4 Å². The normalized spacial score (nSPS) is 19.0. The van der Waals surface area contributed by atoms with E-state index in [4.69, 9.17) is 19.7 Å². The second-order valence-corrected chi connectivity index (χ2v) is 9.56. The molecule has 0 unspecified atom stereocenters. The molecule has 4 rings (SSSR count). The number of thioether (sulfide) groups is 2. The van der Waals surface area contributed by atoms with Crippen LogP contribution in [0.1, 0.15) is 16.2 Å². The highest BCUT2D eigenvalue weighted by atomic mass is 35.5. The van der Waals surface area contributed by atoms with Crippen LogP contribution in [0.5, 0.6) is 0 Å². The summed E-state index contributed by atoms with van der Waals surface area (Å²) in [4.78, 5) is 60.0. The minimum Gasteiger partial charge on any atom is -0.460 e. The minimum atomic E-state index is -0.887. The number of hydrogen-bond acceptors (Lipinski definition) is 13. The molecule has 2 atom stereocenters. The molecule has 0 spiro atoms. The lowest BCUT2D eigenvalue weighted by Gasteiger charge is -2.48. The molecule has 1 saturated heterocycles. The van der Waals surface area contributed by atoms with Gasteiger partial charge >= 0.3 is 5.97 Å². The van der Waals surface area contributed by atoms with Crippen molar-refractivity contribution in [3.8, 4) is 0 Å². The van der Waals surface area contributed by atoms with Gasteiger partial charge in [0.25, 0.3) is 16.9 Å². The molecule has 35 heavy (non-hydrogen) atoms. The summed E-state index contributed by atoms with van der Waals surface area (Å²) >= 11 is 3.25. The lowest BCUT2D eigenvalue weighted by Crippen LogP contribution is -2.70. The molecule has 186 valence electrons. The number of furan rings is 1. The Bertz CT molecular complexity index is 1180. The van der Waals surface area contributed by atoms with E-state index in [2.05, 4.69) is 15.5 Å². The second-order valence-electron chi connectivity index (χ2n) is 6.62. The molecule has 2 aromatic heterocycles. The van der Waals surface area contributed by atoms with Crippen LogP contribution in [-0.2, 0) is 24.0 Å².